The van der Waals surface area contributed by atoms with Crippen molar-refractivity contribution in [3.05, 3.63) is 42.3 Å². The molecule has 0 bridgehead atoms. The summed E-state index contributed by atoms with van der Waals surface area (Å²) in [7, 11) is 0. The third-order valence-corrected chi connectivity index (χ3v) is 4.82. The number of hydrogen-bond donors (Lipinski definition) is 2. The number of carbonyl (C=O) groups excluding carboxylic acids is 1. The lowest BCUT2D eigenvalue weighted by molar-refractivity contribution is -0.143. The van der Waals surface area contributed by atoms with E-state index in [4.69, 9.17) is 4.42 Å². The SMILES string of the molecule is CCC(C)C(NC(=O)CSCc1coc(-c2ccccc2)n1)C(=O)O. The van der Waals surface area contributed by atoms with Gasteiger partial charge in [-0.1, -0.05) is 38.5 Å². The predicted molar refractivity (Wildman–Crippen MR) is 97.1 cm³/mol. The molecule has 0 spiro atoms. The van der Waals surface area contributed by atoms with Crippen LogP contribution in [-0.4, -0.2) is 33.8 Å². The average molecular weight is 362 g/mol. The molecule has 1 amide bonds. The van der Waals surface area contributed by atoms with E-state index >= 15 is 0 Å². The maximum atomic E-state index is 12.0. The molecular formula is C18H22N2O4S. The van der Waals surface area contributed by atoms with Crippen LogP contribution in [0.25, 0.3) is 11.5 Å². The van der Waals surface area contributed by atoms with E-state index in [2.05, 4.69) is 10.3 Å². The fourth-order valence-corrected chi connectivity index (χ4v) is 2.95. The van der Waals surface area contributed by atoms with Crippen molar-refractivity contribution in [3.63, 3.8) is 0 Å². The van der Waals surface area contributed by atoms with Crippen LogP contribution >= 0.6 is 11.8 Å². The topological polar surface area (TPSA) is 92.4 Å². The summed E-state index contributed by atoms with van der Waals surface area (Å²) in [5.41, 5.74) is 1.64. The Balaban J connectivity index is 1.81. The van der Waals surface area contributed by atoms with Gasteiger partial charge in [0.25, 0.3) is 0 Å². The number of hydrogen-bond acceptors (Lipinski definition) is 5. The lowest BCUT2D eigenvalue weighted by atomic mass is 9.99. The maximum absolute atomic E-state index is 12.0. The number of aromatic nitrogens is 1. The molecule has 1 aromatic carbocycles. The first-order chi connectivity index (χ1) is 12.0. The zero-order chi connectivity index (χ0) is 18.2. The first-order valence-corrected chi connectivity index (χ1v) is 9.26. The number of carboxylic acid groups (broad SMARTS) is 1. The van der Waals surface area contributed by atoms with E-state index in [9.17, 15) is 14.7 Å². The van der Waals surface area contributed by atoms with Gasteiger partial charge < -0.3 is 14.8 Å². The van der Waals surface area contributed by atoms with Gasteiger partial charge in [-0.15, -0.1) is 11.8 Å². The lowest BCUT2D eigenvalue weighted by Gasteiger charge is -2.19. The molecule has 6 nitrogen and oxygen atoms in total. The molecular weight excluding hydrogens is 340 g/mol. The third kappa shape index (κ3) is 5.63. The molecule has 2 aromatic rings. The van der Waals surface area contributed by atoms with Crippen LogP contribution < -0.4 is 5.32 Å². The molecule has 2 unspecified atom stereocenters. The summed E-state index contributed by atoms with van der Waals surface area (Å²) >= 11 is 1.37. The number of amides is 1. The Labute approximate surface area is 151 Å². The summed E-state index contributed by atoms with van der Waals surface area (Å²) < 4.78 is 5.45. The number of aliphatic carboxylic acids is 1. The Morgan fingerprint density at radius 1 is 1.32 bits per heavy atom. The molecule has 25 heavy (non-hydrogen) atoms. The van der Waals surface area contributed by atoms with E-state index in [0.29, 0.717) is 18.1 Å². The number of nitrogens with zero attached hydrogens (tertiary/aromatic N) is 1. The standard InChI is InChI=1S/C18H22N2O4S/c1-3-12(2)16(18(22)23)20-15(21)11-25-10-14-9-24-17(19-14)13-7-5-4-6-8-13/h4-9,12,16H,3,10-11H2,1-2H3,(H,20,21)(H,22,23). The average Bonchev–Trinajstić information content (AvgIpc) is 3.08. The lowest BCUT2D eigenvalue weighted by Crippen LogP contribution is -2.45. The molecule has 0 aliphatic rings. The van der Waals surface area contributed by atoms with Crippen molar-refractivity contribution in [3.8, 4) is 11.5 Å². The summed E-state index contributed by atoms with van der Waals surface area (Å²) in [6.07, 6.45) is 2.26. The molecule has 2 rings (SSSR count). The number of oxazole rings is 1. The molecule has 0 aliphatic heterocycles. The fourth-order valence-electron chi connectivity index (χ4n) is 2.23. The minimum absolute atomic E-state index is 0.115. The van der Waals surface area contributed by atoms with Gasteiger partial charge in [-0.2, -0.15) is 0 Å². The van der Waals surface area contributed by atoms with E-state index in [-0.39, 0.29) is 17.6 Å². The van der Waals surface area contributed by atoms with Crippen molar-refractivity contribution >= 4 is 23.6 Å². The molecule has 1 heterocycles. The van der Waals surface area contributed by atoms with Gasteiger partial charge in [0.15, 0.2) is 0 Å². The van der Waals surface area contributed by atoms with Crippen LogP contribution in [0.3, 0.4) is 0 Å². The molecule has 1 aromatic heterocycles. The monoisotopic (exact) mass is 362 g/mol. The van der Waals surface area contributed by atoms with Crippen molar-refractivity contribution in [2.24, 2.45) is 5.92 Å². The normalized spacial score (nSPS) is 13.2. The summed E-state index contributed by atoms with van der Waals surface area (Å²) in [5, 5.41) is 11.8. The quantitative estimate of drug-likeness (QED) is 0.712. The number of carbonyl (C=O) groups is 2. The second kappa shape index (κ2) is 9.27. The van der Waals surface area contributed by atoms with Crippen molar-refractivity contribution < 1.29 is 19.1 Å². The highest BCUT2D eigenvalue weighted by Gasteiger charge is 2.25. The van der Waals surface area contributed by atoms with Crippen LogP contribution in [0.15, 0.2) is 41.0 Å². The first kappa shape index (κ1) is 19.1. The largest absolute Gasteiger partial charge is 0.480 e. The summed E-state index contributed by atoms with van der Waals surface area (Å²) in [6, 6.07) is 8.72. The van der Waals surface area contributed by atoms with Gasteiger partial charge >= 0.3 is 5.97 Å². The van der Waals surface area contributed by atoms with Gasteiger partial charge in [0.1, 0.15) is 12.3 Å². The zero-order valence-electron chi connectivity index (χ0n) is 14.3. The highest BCUT2D eigenvalue weighted by molar-refractivity contribution is 7.99. The van der Waals surface area contributed by atoms with Crippen LogP contribution in [-0.2, 0) is 15.3 Å². The highest BCUT2D eigenvalue weighted by Crippen LogP contribution is 2.20. The second-order valence-electron chi connectivity index (χ2n) is 5.77. The van der Waals surface area contributed by atoms with E-state index in [1.165, 1.54) is 11.8 Å². The Hall–Kier alpha value is -2.28. The number of thioether (sulfide) groups is 1. The van der Waals surface area contributed by atoms with Gasteiger partial charge in [-0.05, 0) is 18.1 Å². The van der Waals surface area contributed by atoms with Crippen molar-refractivity contribution in [1.82, 2.24) is 10.3 Å². The number of nitrogens with one attached hydrogen (secondary N) is 1. The minimum Gasteiger partial charge on any atom is -0.480 e. The summed E-state index contributed by atoms with van der Waals surface area (Å²) in [5.74, 6) is -0.168. The summed E-state index contributed by atoms with van der Waals surface area (Å²) in [6.45, 7) is 3.71. The minimum atomic E-state index is -1.00. The number of rotatable bonds is 9. The van der Waals surface area contributed by atoms with Crippen LogP contribution in [0.5, 0.6) is 0 Å². The van der Waals surface area contributed by atoms with Gasteiger partial charge in [0.05, 0.1) is 11.4 Å². The molecule has 2 atom stereocenters. The highest BCUT2D eigenvalue weighted by atomic mass is 32.2. The zero-order valence-corrected chi connectivity index (χ0v) is 15.1. The molecule has 0 saturated carbocycles. The van der Waals surface area contributed by atoms with Crippen LogP contribution in [0.4, 0.5) is 0 Å². The summed E-state index contributed by atoms with van der Waals surface area (Å²) in [4.78, 5) is 27.6. The molecule has 134 valence electrons. The van der Waals surface area contributed by atoms with Crippen LogP contribution in [0, 0.1) is 5.92 Å². The maximum Gasteiger partial charge on any atom is 0.326 e. The Morgan fingerprint density at radius 2 is 2.04 bits per heavy atom. The molecule has 0 aliphatic carbocycles. The van der Waals surface area contributed by atoms with E-state index in [1.54, 1.807) is 6.26 Å². The van der Waals surface area contributed by atoms with Crippen LogP contribution in [0.2, 0.25) is 0 Å². The Kier molecular flexibility index (Phi) is 7.06. The predicted octanol–water partition coefficient (Wildman–Crippen LogP) is 3.19. The molecule has 2 N–H and O–H groups in total. The molecule has 0 saturated heterocycles. The van der Waals surface area contributed by atoms with E-state index < -0.39 is 12.0 Å². The van der Waals surface area contributed by atoms with Gasteiger partial charge in [0.2, 0.25) is 11.8 Å². The third-order valence-electron chi connectivity index (χ3n) is 3.85. The van der Waals surface area contributed by atoms with Crippen molar-refractivity contribution in [2.75, 3.05) is 5.75 Å². The number of benzene rings is 1. The van der Waals surface area contributed by atoms with Crippen molar-refractivity contribution in [2.45, 2.75) is 32.1 Å². The van der Waals surface area contributed by atoms with Gasteiger partial charge in [0, 0.05) is 11.3 Å². The Bertz CT molecular complexity index is 702. The molecule has 0 fully saturated rings. The van der Waals surface area contributed by atoms with Crippen molar-refractivity contribution in [1.29, 1.82) is 0 Å². The molecule has 0 radical (unpaired) electrons. The smallest absolute Gasteiger partial charge is 0.326 e. The van der Waals surface area contributed by atoms with Crippen LogP contribution in [0.1, 0.15) is 26.0 Å². The molecule has 7 heteroatoms. The first-order valence-electron chi connectivity index (χ1n) is 8.11. The Morgan fingerprint density at radius 3 is 2.68 bits per heavy atom. The van der Waals surface area contributed by atoms with E-state index in [1.807, 2.05) is 44.2 Å². The number of carboxylic acids is 1. The second-order valence-corrected chi connectivity index (χ2v) is 6.76. The fraction of sp³-hybridized carbons (Fsp3) is 0.389. The van der Waals surface area contributed by atoms with E-state index in [0.717, 1.165) is 11.3 Å². The van der Waals surface area contributed by atoms with Gasteiger partial charge in [-0.25, -0.2) is 9.78 Å². The van der Waals surface area contributed by atoms with Gasteiger partial charge in [-0.3, -0.25) is 4.79 Å².